The molecular formula is C26H45NO4. The highest BCUT2D eigenvalue weighted by Crippen LogP contribution is 2.15. The van der Waals surface area contributed by atoms with Crippen LogP contribution in [-0.4, -0.2) is 22.8 Å². The third-order valence-electron chi connectivity index (χ3n) is 5.84. The van der Waals surface area contributed by atoms with Crippen LogP contribution in [0.2, 0.25) is 0 Å². The Morgan fingerprint density at radius 3 is 1.61 bits per heavy atom. The van der Waals surface area contributed by atoms with Crippen molar-refractivity contribution in [2.45, 2.75) is 135 Å². The molecule has 0 aromatic heterocycles. The Hall–Kier alpha value is -1.65. The summed E-state index contributed by atoms with van der Waals surface area (Å²) in [5, 5.41) is 0.633. The normalized spacial score (nSPS) is 14.2. The van der Waals surface area contributed by atoms with Crippen molar-refractivity contribution in [1.29, 1.82) is 0 Å². The fraction of sp³-hybridized carbons (Fsp3) is 0.808. The highest BCUT2D eigenvalue weighted by Gasteiger charge is 2.32. The van der Waals surface area contributed by atoms with Gasteiger partial charge < -0.3 is 4.84 Å². The van der Waals surface area contributed by atoms with Crippen molar-refractivity contribution in [2.75, 3.05) is 0 Å². The minimum atomic E-state index is -0.482. The van der Waals surface area contributed by atoms with E-state index in [1.807, 2.05) is 0 Å². The summed E-state index contributed by atoms with van der Waals surface area (Å²) < 4.78 is 0. The van der Waals surface area contributed by atoms with Crippen molar-refractivity contribution < 1.29 is 19.2 Å². The first-order valence-corrected chi connectivity index (χ1v) is 12.9. The smallest absolute Gasteiger partial charge is 0.330 e. The third-order valence-corrected chi connectivity index (χ3v) is 5.84. The van der Waals surface area contributed by atoms with E-state index >= 15 is 0 Å². The molecule has 178 valence electrons. The van der Waals surface area contributed by atoms with Crippen molar-refractivity contribution in [1.82, 2.24) is 5.06 Å². The highest BCUT2D eigenvalue weighted by atomic mass is 16.7. The lowest BCUT2D eigenvalue weighted by molar-refractivity contribution is -0.197. The quantitative estimate of drug-likeness (QED) is 0.115. The van der Waals surface area contributed by atoms with Gasteiger partial charge in [0, 0.05) is 19.3 Å². The van der Waals surface area contributed by atoms with Crippen LogP contribution in [0.15, 0.2) is 12.2 Å². The Balaban J connectivity index is 1.78. The predicted octanol–water partition coefficient (Wildman–Crippen LogP) is 7.19. The molecule has 1 rings (SSSR count). The van der Waals surface area contributed by atoms with E-state index in [9.17, 15) is 14.4 Å². The third kappa shape index (κ3) is 14.9. The molecule has 2 amide bonds. The molecule has 0 unspecified atom stereocenters. The average molecular weight is 436 g/mol. The van der Waals surface area contributed by atoms with E-state index in [-0.39, 0.29) is 19.3 Å². The van der Waals surface area contributed by atoms with Crippen molar-refractivity contribution in [3.8, 4) is 0 Å². The second-order valence-corrected chi connectivity index (χ2v) is 8.79. The van der Waals surface area contributed by atoms with Gasteiger partial charge >= 0.3 is 5.97 Å². The van der Waals surface area contributed by atoms with Crippen LogP contribution in [0.25, 0.3) is 0 Å². The molecule has 1 saturated heterocycles. The van der Waals surface area contributed by atoms with Crippen LogP contribution in [0, 0.1) is 0 Å². The summed E-state index contributed by atoms with van der Waals surface area (Å²) in [6.45, 7) is 2.26. The lowest BCUT2D eigenvalue weighted by Crippen LogP contribution is -2.31. The van der Waals surface area contributed by atoms with E-state index in [0.717, 1.165) is 19.3 Å². The monoisotopic (exact) mass is 435 g/mol. The summed E-state index contributed by atoms with van der Waals surface area (Å²) in [6, 6.07) is 0. The maximum absolute atomic E-state index is 11.7. The van der Waals surface area contributed by atoms with E-state index in [1.165, 1.54) is 89.9 Å². The number of amides is 2. The number of unbranched alkanes of at least 4 members (excludes halogenated alkanes) is 15. The number of hydroxylamine groups is 2. The molecule has 0 spiro atoms. The van der Waals surface area contributed by atoms with Crippen LogP contribution >= 0.6 is 0 Å². The highest BCUT2D eigenvalue weighted by molar-refractivity contribution is 6.01. The van der Waals surface area contributed by atoms with Gasteiger partial charge in [0.1, 0.15) is 0 Å². The number of allylic oxidation sites excluding steroid dienone is 2. The summed E-state index contributed by atoms with van der Waals surface area (Å²) in [5.74, 6) is -1.31. The molecule has 0 bridgehead atoms. The van der Waals surface area contributed by atoms with Crippen molar-refractivity contribution >= 4 is 17.8 Å². The number of hydrogen-bond donors (Lipinski definition) is 0. The van der Waals surface area contributed by atoms with Crippen molar-refractivity contribution in [2.24, 2.45) is 0 Å². The van der Waals surface area contributed by atoms with Gasteiger partial charge in [0.15, 0.2) is 0 Å². The second kappa shape index (κ2) is 19.1. The van der Waals surface area contributed by atoms with Gasteiger partial charge in [-0.1, -0.05) is 96.1 Å². The molecule has 0 aromatic rings. The van der Waals surface area contributed by atoms with E-state index in [1.54, 1.807) is 0 Å². The van der Waals surface area contributed by atoms with Gasteiger partial charge in [-0.15, -0.1) is 5.06 Å². The zero-order valence-corrected chi connectivity index (χ0v) is 19.9. The molecule has 0 radical (unpaired) electrons. The molecule has 0 saturated carbocycles. The minimum Gasteiger partial charge on any atom is -0.330 e. The Morgan fingerprint density at radius 2 is 1.13 bits per heavy atom. The first-order chi connectivity index (χ1) is 15.1. The van der Waals surface area contributed by atoms with Crippen molar-refractivity contribution in [3.63, 3.8) is 0 Å². The zero-order valence-electron chi connectivity index (χ0n) is 19.9. The second-order valence-electron chi connectivity index (χ2n) is 8.79. The topological polar surface area (TPSA) is 63.7 Å². The van der Waals surface area contributed by atoms with Crippen LogP contribution in [-0.2, 0) is 19.2 Å². The standard InChI is InChI=1S/C26H45NO4/c1-2-3-4-5-6-7-8-9-10-11-12-13-14-15-16-17-18-19-20-21-26(30)31-27-24(28)22-23-25(27)29/h9-10H,2-8,11-23H2,1H3/b10-9-. The summed E-state index contributed by atoms with van der Waals surface area (Å²) >= 11 is 0. The van der Waals surface area contributed by atoms with E-state index in [4.69, 9.17) is 4.84 Å². The maximum Gasteiger partial charge on any atom is 0.333 e. The van der Waals surface area contributed by atoms with Crippen LogP contribution in [0.1, 0.15) is 135 Å². The van der Waals surface area contributed by atoms with Crippen LogP contribution in [0.3, 0.4) is 0 Å². The van der Waals surface area contributed by atoms with Gasteiger partial charge in [-0.05, 0) is 32.1 Å². The molecule has 1 heterocycles. The summed E-state index contributed by atoms with van der Waals surface area (Å²) in [6.07, 6.45) is 26.6. The molecular weight excluding hydrogens is 390 g/mol. The summed E-state index contributed by atoms with van der Waals surface area (Å²) in [5.41, 5.74) is 0. The molecule has 0 aromatic carbocycles. The zero-order chi connectivity index (χ0) is 22.6. The molecule has 1 aliphatic heterocycles. The number of hydrogen-bond acceptors (Lipinski definition) is 4. The van der Waals surface area contributed by atoms with Crippen LogP contribution in [0.5, 0.6) is 0 Å². The van der Waals surface area contributed by atoms with Gasteiger partial charge in [0.05, 0.1) is 0 Å². The number of imide groups is 1. The lowest BCUT2D eigenvalue weighted by atomic mass is 10.1. The molecule has 31 heavy (non-hydrogen) atoms. The van der Waals surface area contributed by atoms with E-state index in [0.29, 0.717) is 5.06 Å². The maximum atomic E-state index is 11.7. The van der Waals surface area contributed by atoms with E-state index in [2.05, 4.69) is 19.1 Å². The van der Waals surface area contributed by atoms with Crippen LogP contribution in [0.4, 0.5) is 0 Å². The Labute approximate surface area is 189 Å². The van der Waals surface area contributed by atoms with Gasteiger partial charge in [0.25, 0.3) is 11.8 Å². The Bertz CT molecular complexity index is 514. The lowest BCUT2D eigenvalue weighted by Gasteiger charge is -2.12. The summed E-state index contributed by atoms with van der Waals surface area (Å²) in [4.78, 5) is 39.4. The average Bonchev–Trinajstić information content (AvgIpc) is 3.07. The Morgan fingerprint density at radius 1 is 0.710 bits per heavy atom. The van der Waals surface area contributed by atoms with E-state index < -0.39 is 17.8 Å². The number of nitrogens with zero attached hydrogens (tertiary/aromatic N) is 1. The van der Waals surface area contributed by atoms with Gasteiger partial charge in [0.2, 0.25) is 0 Å². The molecule has 1 fully saturated rings. The Kier molecular flexibility index (Phi) is 16.8. The van der Waals surface area contributed by atoms with Crippen molar-refractivity contribution in [3.05, 3.63) is 12.2 Å². The van der Waals surface area contributed by atoms with Crippen LogP contribution < -0.4 is 0 Å². The molecule has 5 heteroatoms. The van der Waals surface area contributed by atoms with Gasteiger partial charge in [-0.3, -0.25) is 9.59 Å². The summed E-state index contributed by atoms with van der Waals surface area (Å²) in [7, 11) is 0. The largest absolute Gasteiger partial charge is 0.333 e. The molecule has 0 atom stereocenters. The SMILES string of the molecule is CCCCCCCC/C=C\CCCCCCCCCCCC(=O)ON1C(=O)CCC1=O. The molecule has 0 N–H and O–H groups in total. The predicted molar refractivity (Wildman–Crippen MR) is 125 cm³/mol. The minimum absolute atomic E-state index is 0.141. The molecule has 1 aliphatic rings. The van der Waals surface area contributed by atoms with Gasteiger partial charge in [-0.25, -0.2) is 4.79 Å². The number of carbonyl (C=O) groups excluding carboxylic acids is 3. The number of rotatable bonds is 20. The first-order valence-electron chi connectivity index (χ1n) is 12.9. The fourth-order valence-corrected chi connectivity index (χ4v) is 3.85. The molecule has 0 aliphatic carbocycles. The fourth-order valence-electron chi connectivity index (χ4n) is 3.85. The van der Waals surface area contributed by atoms with Gasteiger partial charge in [-0.2, -0.15) is 0 Å². The first kappa shape index (κ1) is 27.4. The molecule has 5 nitrogen and oxygen atoms in total. The number of carbonyl (C=O) groups is 3.